The van der Waals surface area contributed by atoms with E-state index < -0.39 is 5.60 Å². The van der Waals surface area contributed by atoms with Crippen LogP contribution in [-0.4, -0.2) is 16.6 Å². The molecule has 0 spiro atoms. The molecule has 1 aliphatic heterocycles. The number of hydrogen-bond acceptors (Lipinski definition) is 4. The van der Waals surface area contributed by atoms with Crippen molar-refractivity contribution in [1.82, 2.24) is 0 Å². The molecule has 0 saturated carbocycles. The normalized spacial score (nSPS) is 17.5. The molecule has 4 nitrogen and oxygen atoms in total. The molecule has 1 heterocycles. The van der Waals surface area contributed by atoms with Gasteiger partial charge in [-0.15, -0.1) is 0 Å². The summed E-state index contributed by atoms with van der Waals surface area (Å²) in [5.74, 6) is 1.40. The van der Waals surface area contributed by atoms with Gasteiger partial charge in [0.05, 0.1) is 0 Å². The molecule has 0 aromatic heterocycles. The predicted molar refractivity (Wildman–Crippen MR) is 130 cm³/mol. The van der Waals surface area contributed by atoms with E-state index in [-0.39, 0.29) is 5.97 Å². The summed E-state index contributed by atoms with van der Waals surface area (Å²) in [7, 11) is 0. The van der Waals surface area contributed by atoms with Gasteiger partial charge in [0.2, 0.25) is 0 Å². The molecule has 2 aromatic carbocycles. The summed E-state index contributed by atoms with van der Waals surface area (Å²) in [6, 6.07) is 9.92. The molecule has 166 valence electrons. The molecule has 0 radical (unpaired) electrons. The Kier molecular flexibility index (Phi) is 7.37. The zero-order valence-corrected chi connectivity index (χ0v) is 20.1. The minimum Gasteiger partial charge on any atom is -0.480 e. The van der Waals surface area contributed by atoms with E-state index >= 15 is 0 Å². The van der Waals surface area contributed by atoms with E-state index in [1.54, 1.807) is 0 Å². The molecule has 2 aromatic rings. The van der Waals surface area contributed by atoms with Crippen LogP contribution < -0.4 is 14.8 Å². The Morgan fingerprint density at radius 1 is 1.13 bits per heavy atom. The van der Waals surface area contributed by atoms with Crippen molar-refractivity contribution in [3.05, 3.63) is 52.6 Å². The van der Waals surface area contributed by atoms with Crippen LogP contribution in [-0.2, 0) is 11.2 Å². The molecule has 5 heteroatoms. The number of carbonyl (C=O) groups excluding carboxylic acids is 1. The molecular weight excluding hydrogens is 406 g/mol. The van der Waals surface area contributed by atoms with Crippen LogP contribution in [0.15, 0.2) is 30.3 Å². The van der Waals surface area contributed by atoms with Crippen molar-refractivity contribution in [2.75, 3.05) is 5.32 Å². The highest BCUT2D eigenvalue weighted by Gasteiger charge is 2.38. The average molecular weight is 440 g/mol. The summed E-state index contributed by atoms with van der Waals surface area (Å²) in [4.78, 5) is 13.0. The van der Waals surface area contributed by atoms with Crippen LogP contribution in [0.1, 0.15) is 68.2 Å². The second-order valence-electron chi connectivity index (χ2n) is 8.60. The van der Waals surface area contributed by atoms with Gasteiger partial charge >= 0.3 is 5.97 Å². The van der Waals surface area contributed by atoms with E-state index in [9.17, 15) is 4.79 Å². The fraction of sp³-hybridized carbons (Fsp3) is 0.462. The highest BCUT2D eigenvalue weighted by Crippen LogP contribution is 2.44. The number of thiocarbonyl (C=S) groups is 1. The van der Waals surface area contributed by atoms with Crippen LogP contribution in [0.5, 0.6) is 11.5 Å². The lowest BCUT2D eigenvalue weighted by molar-refractivity contribution is -0.134. The van der Waals surface area contributed by atoms with Gasteiger partial charge in [-0.2, -0.15) is 0 Å². The smallest absolute Gasteiger partial charge is 0.311 e. The number of unbranched alkanes of at least 4 members (excludes halogenated alkanes) is 2. The monoisotopic (exact) mass is 439 g/mol. The lowest BCUT2D eigenvalue weighted by Gasteiger charge is -2.38. The van der Waals surface area contributed by atoms with Gasteiger partial charge in [-0.05, 0) is 75.8 Å². The topological polar surface area (TPSA) is 47.6 Å². The van der Waals surface area contributed by atoms with Crippen molar-refractivity contribution in [3.8, 4) is 11.5 Å². The SMILES string of the molecule is CCCCCC(=O)Oc1c(C)c(C)c2c(c1C)CCC(C)(C(=S)Nc1ccccc1)O2. The first kappa shape index (κ1) is 23.3. The average Bonchev–Trinajstić information content (AvgIpc) is 2.76. The lowest BCUT2D eigenvalue weighted by Crippen LogP contribution is -2.47. The van der Waals surface area contributed by atoms with Gasteiger partial charge in [0.25, 0.3) is 0 Å². The van der Waals surface area contributed by atoms with E-state index in [0.717, 1.165) is 65.8 Å². The fourth-order valence-corrected chi connectivity index (χ4v) is 4.28. The molecule has 0 aliphatic carbocycles. The Balaban J connectivity index is 1.83. The maximum absolute atomic E-state index is 12.4. The minimum atomic E-state index is -0.597. The third kappa shape index (κ3) is 5.09. The largest absolute Gasteiger partial charge is 0.480 e. The van der Waals surface area contributed by atoms with Gasteiger partial charge in [0, 0.05) is 17.7 Å². The van der Waals surface area contributed by atoms with E-state index in [2.05, 4.69) is 12.2 Å². The summed E-state index contributed by atoms with van der Waals surface area (Å²) in [5.41, 5.74) is 4.42. The first-order valence-electron chi connectivity index (χ1n) is 11.2. The third-order valence-corrected chi connectivity index (χ3v) is 6.74. The first-order chi connectivity index (χ1) is 14.8. The molecule has 1 N–H and O–H groups in total. The Bertz CT molecular complexity index is 971. The highest BCUT2D eigenvalue weighted by molar-refractivity contribution is 7.80. The molecular formula is C26H33NO3S. The fourth-order valence-electron chi connectivity index (χ4n) is 4.02. The van der Waals surface area contributed by atoms with Crippen molar-refractivity contribution in [2.24, 2.45) is 0 Å². The number of para-hydroxylation sites is 1. The van der Waals surface area contributed by atoms with Crippen molar-refractivity contribution in [3.63, 3.8) is 0 Å². The Labute approximate surface area is 191 Å². The number of carbonyl (C=O) groups is 1. The van der Waals surface area contributed by atoms with E-state index in [4.69, 9.17) is 21.7 Å². The maximum atomic E-state index is 12.4. The highest BCUT2D eigenvalue weighted by atomic mass is 32.1. The predicted octanol–water partition coefficient (Wildman–Crippen LogP) is 6.62. The van der Waals surface area contributed by atoms with Gasteiger partial charge in [-0.1, -0.05) is 50.2 Å². The van der Waals surface area contributed by atoms with Crippen molar-refractivity contribution in [2.45, 2.75) is 78.7 Å². The van der Waals surface area contributed by atoms with Crippen LogP contribution >= 0.6 is 12.2 Å². The number of benzene rings is 2. The first-order valence-corrected chi connectivity index (χ1v) is 11.6. The standard InChI is InChI=1S/C26H33NO3S/c1-6-7-9-14-22(28)29-23-17(2)18(3)24-21(19(23)4)15-16-26(5,30-24)25(31)27-20-12-10-8-11-13-20/h8,10-13H,6-7,9,14-16H2,1-5H3,(H,27,31). The summed E-state index contributed by atoms with van der Waals surface area (Å²) in [6.07, 6.45) is 5.02. The van der Waals surface area contributed by atoms with Crippen LogP contribution in [0.4, 0.5) is 5.69 Å². The second kappa shape index (κ2) is 9.82. The molecule has 1 atom stereocenters. The van der Waals surface area contributed by atoms with E-state index in [0.29, 0.717) is 17.2 Å². The number of fused-ring (bicyclic) bond motifs is 1. The molecule has 0 saturated heterocycles. The summed E-state index contributed by atoms with van der Waals surface area (Å²) >= 11 is 5.74. The summed E-state index contributed by atoms with van der Waals surface area (Å²) < 4.78 is 12.4. The quantitative estimate of drug-likeness (QED) is 0.227. The summed E-state index contributed by atoms with van der Waals surface area (Å²) in [5, 5.41) is 3.33. The zero-order chi connectivity index (χ0) is 22.6. The maximum Gasteiger partial charge on any atom is 0.311 e. The van der Waals surface area contributed by atoms with E-state index in [1.165, 1.54) is 0 Å². The summed E-state index contributed by atoms with van der Waals surface area (Å²) in [6.45, 7) is 10.2. The number of ether oxygens (including phenoxy) is 2. The second-order valence-corrected chi connectivity index (χ2v) is 9.00. The van der Waals surface area contributed by atoms with Gasteiger partial charge in [-0.25, -0.2) is 0 Å². The Morgan fingerprint density at radius 2 is 1.84 bits per heavy atom. The number of esters is 1. The molecule has 31 heavy (non-hydrogen) atoms. The molecule has 0 amide bonds. The zero-order valence-electron chi connectivity index (χ0n) is 19.3. The molecule has 1 aliphatic rings. The Hall–Kier alpha value is -2.40. The molecule has 3 rings (SSSR count). The van der Waals surface area contributed by atoms with Crippen LogP contribution in [0.25, 0.3) is 0 Å². The van der Waals surface area contributed by atoms with Gasteiger partial charge in [-0.3, -0.25) is 4.79 Å². The molecule has 1 unspecified atom stereocenters. The number of anilines is 1. The molecule has 0 fully saturated rings. The number of nitrogens with one attached hydrogen (secondary N) is 1. The molecule has 0 bridgehead atoms. The number of rotatable bonds is 7. The van der Waals surface area contributed by atoms with Crippen LogP contribution in [0.3, 0.4) is 0 Å². The third-order valence-electron chi connectivity index (χ3n) is 6.20. The van der Waals surface area contributed by atoms with Gasteiger partial charge in [0.1, 0.15) is 16.5 Å². The van der Waals surface area contributed by atoms with Gasteiger partial charge in [0.15, 0.2) is 5.60 Å². The minimum absolute atomic E-state index is 0.159. The lowest BCUT2D eigenvalue weighted by atomic mass is 9.87. The Morgan fingerprint density at radius 3 is 2.52 bits per heavy atom. The van der Waals surface area contributed by atoms with Crippen molar-refractivity contribution >= 4 is 28.9 Å². The number of hydrogen-bond donors (Lipinski definition) is 1. The van der Waals surface area contributed by atoms with Crippen molar-refractivity contribution < 1.29 is 14.3 Å². The van der Waals surface area contributed by atoms with E-state index in [1.807, 2.05) is 58.0 Å². The van der Waals surface area contributed by atoms with Crippen LogP contribution in [0, 0.1) is 20.8 Å². The van der Waals surface area contributed by atoms with Crippen molar-refractivity contribution in [1.29, 1.82) is 0 Å². The van der Waals surface area contributed by atoms with Crippen LogP contribution in [0.2, 0.25) is 0 Å². The van der Waals surface area contributed by atoms with Gasteiger partial charge < -0.3 is 14.8 Å².